The third-order valence-electron chi connectivity index (χ3n) is 1.84. The van der Waals surface area contributed by atoms with Crippen LogP contribution < -0.4 is 0 Å². The third kappa shape index (κ3) is 3.34. The van der Waals surface area contributed by atoms with Crippen molar-refractivity contribution in [3.63, 3.8) is 0 Å². The maximum Gasteiger partial charge on any atom is 0.396 e. The van der Waals surface area contributed by atoms with E-state index in [1.807, 2.05) is 0 Å². The Hall–Kier alpha value is -1.39. The molecule has 0 spiro atoms. The van der Waals surface area contributed by atoms with Crippen molar-refractivity contribution in [2.75, 3.05) is 0 Å². The summed E-state index contributed by atoms with van der Waals surface area (Å²) < 4.78 is 48.4. The minimum atomic E-state index is -4.53. The standard InChI is InChI=1S/C10H8F4O/c1-6-4-7(2-3-8(6)11)9(15)5-10(12,13)14/h2-4H,5H2,1H3. The second-order valence-corrected chi connectivity index (χ2v) is 3.18. The number of Topliss-reactive ketones (excluding diaryl/α,β-unsaturated/α-hetero) is 1. The minimum Gasteiger partial charge on any atom is -0.294 e. The lowest BCUT2D eigenvalue weighted by atomic mass is 10.1. The van der Waals surface area contributed by atoms with Crippen LogP contribution in [0.1, 0.15) is 22.3 Å². The first-order valence-electron chi connectivity index (χ1n) is 4.16. The zero-order chi connectivity index (χ0) is 11.6. The number of aryl methyl sites for hydroxylation is 1. The summed E-state index contributed by atoms with van der Waals surface area (Å²) in [4.78, 5) is 11.1. The quantitative estimate of drug-likeness (QED) is 0.552. The highest BCUT2D eigenvalue weighted by molar-refractivity contribution is 5.96. The highest BCUT2D eigenvalue weighted by Gasteiger charge is 2.31. The van der Waals surface area contributed by atoms with Gasteiger partial charge >= 0.3 is 6.18 Å². The van der Waals surface area contributed by atoms with E-state index in [2.05, 4.69) is 0 Å². The first-order valence-corrected chi connectivity index (χ1v) is 4.16. The van der Waals surface area contributed by atoms with E-state index >= 15 is 0 Å². The Morgan fingerprint density at radius 3 is 2.40 bits per heavy atom. The zero-order valence-electron chi connectivity index (χ0n) is 7.86. The van der Waals surface area contributed by atoms with E-state index < -0.39 is 24.2 Å². The normalized spacial score (nSPS) is 11.5. The topological polar surface area (TPSA) is 17.1 Å². The number of carbonyl (C=O) groups is 1. The molecule has 0 aliphatic heterocycles. The van der Waals surface area contributed by atoms with Crippen LogP contribution in [0.25, 0.3) is 0 Å². The van der Waals surface area contributed by atoms with E-state index in [9.17, 15) is 22.4 Å². The number of alkyl halides is 3. The van der Waals surface area contributed by atoms with Crippen LogP contribution in [0.4, 0.5) is 17.6 Å². The maximum atomic E-state index is 12.8. The molecule has 15 heavy (non-hydrogen) atoms. The van der Waals surface area contributed by atoms with E-state index in [-0.39, 0.29) is 11.1 Å². The average molecular weight is 220 g/mol. The number of hydrogen-bond acceptors (Lipinski definition) is 1. The van der Waals surface area contributed by atoms with Crippen molar-refractivity contribution in [1.82, 2.24) is 0 Å². The molecule has 1 aromatic carbocycles. The van der Waals surface area contributed by atoms with Crippen LogP contribution in [0.5, 0.6) is 0 Å². The minimum absolute atomic E-state index is 0.119. The number of rotatable bonds is 2. The van der Waals surface area contributed by atoms with Gasteiger partial charge in [0.05, 0.1) is 0 Å². The van der Waals surface area contributed by atoms with E-state index in [1.165, 1.54) is 6.92 Å². The van der Waals surface area contributed by atoms with Gasteiger partial charge in [-0.1, -0.05) is 0 Å². The van der Waals surface area contributed by atoms with E-state index in [4.69, 9.17) is 0 Å². The lowest BCUT2D eigenvalue weighted by molar-refractivity contribution is -0.125. The Kier molecular flexibility index (Phi) is 3.12. The van der Waals surface area contributed by atoms with Gasteiger partial charge in [0, 0.05) is 5.56 Å². The Morgan fingerprint density at radius 2 is 1.93 bits per heavy atom. The summed E-state index contributed by atoms with van der Waals surface area (Å²) in [6.07, 6.45) is -6.04. The van der Waals surface area contributed by atoms with Gasteiger partial charge in [0.2, 0.25) is 0 Å². The highest BCUT2D eigenvalue weighted by atomic mass is 19.4. The zero-order valence-corrected chi connectivity index (χ0v) is 7.86. The van der Waals surface area contributed by atoms with Crippen LogP contribution in [-0.2, 0) is 0 Å². The van der Waals surface area contributed by atoms with Crippen molar-refractivity contribution in [3.05, 3.63) is 35.1 Å². The highest BCUT2D eigenvalue weighted by Crippen LogP contribution is 2.22. The van der Waals surface area contributed by atoms with Crippen LogP contribution in [-0.4, -0.2) is 12.0 Å². The summed E-state index contributed by atoms with van der Waals surface area (Å²) in [7, 11) is 0. The Balaban J connectivity index is 2.88. The molecule has 0 saturated heterocycles. The van der Waals surface area contributed by atoms with Crippen molar-refractivity contribution in [3.8, 4) is 0 Å². The summed E-state index contributed by atoms with van der Waals surface area (Å²) in [6.45, 7) is 1.39. The van der Waals surface area contributed by atoms with E-state index in [1.54, 1.807) is 0 Å². The fourth-order valence-corrected chi connectivity index (χ4v) is 1.10. The van der Waals surface area contributed by atoms with Crippen LogP contribution >= 0.6 is 0 Å². The number of halogens is 4. The number of benzene rings is 1. The molecule has 0 amide bonds. The van der Waals surface area contributed by atoms with Gasteiger partial charge in [0.1, 0.15) is 12.2 Å². The molecule has 0 fully saturated rings. The van der Waals surface area contributed by atoms with Crippen LogP contribution in [0.15, 0.2) is 18.2 Å². The lowest BCUT2D eigenvalue weighted by Crippen LogP contribution is -2.15. The van der Waals surface area contributed by atoms with Crippen LogP contribution in [0.3, 0.4) is 0 Å². The van der Waals surface area contributed by atoms with Gasteiger partial charge in [-0.2, -0.15) is 13.2 Å². The second kappa shape index (κ2) is 4.00. The molecule has 82 valence electrons. The molecule has 0 saturated carbocycles. The predicted octanol–water partition coefficient (Wildman–Crippen LogP) is 3.27. The van der Waals surface area contributed by atoms with Gasteiger partial charge in [0.15, 0.2) is 5.78 Å². The summed E-state index contributed by atoms with van der Waals surface area (Å²) in [5, 5.41) is 0. The fourth-order valence-electron chi connectivity index (χ4n) is 1.10. The smallest absolute Gasteiger partial charge is 0.294 e. The molecular weight excluding hydrogens is 212 g/mol. The fraction of sp³-hybridized carbons (Fsp3) is 0.300. The van der Waals surface area contributed by atoms with Gasteiger partial charge in [-0.05, 0) is 30.7 Å². The second-order valence-electron chi connectivity index (χ2n) is 3.18. The molecule has 0 bridgehead atoms. The summed E-state index contributed by atoms with van der Waals surface area (Å²) in [5.74, 6) is -1.59. The molecule has 0 radical (unpaired) electrons. The summed E-state index contributed by atoms with van der Waals surface area (Å²) >= 11 is 0. The van der Waals surface area contributed by atoms with Gasteiger partial charge in [-0.3, -0.25) is 4.79 Å². The van der Waals surface area contributed by atoms with Crippen molar-refractivity contribution in [1.29, 1.82) is 0 Å². The van der Waals surface area contributed by atoms with Crippen molar-refractivity contribution in [2.24, 2.45) is 0 Å². The monoisotopic (exact) mass is 220 g/mol. The molecule has 0 aromatic heterocycles. The van der Waals surface area contributed by atoms with Gasteiger partial charge in [-0.15, -0.1) is 0 Å². The van der Waals surface area contributed by atoms with E-state index in [0.29, 0.717) is 0 Å². The van der Waals surface area contributed by atoms with E-state index in [0.717, 1.165) is 18.2 Å². The van der Waals surface area contributed by atoms with Crippen molar-refractivity contribution >= 4 is 5.78 Å². The molecular formula is C10H8F4O. The maximum absolute atomic E-state index is 12.8. The lowest BCUT2D eigenvalue weighted by Gasteiger charge is -2.06. The first kappa shape index (κ1) is 11.7. The van der Waals surface area contributed by atoms with Crippen LogP contribution in [0.2, 0.25) is 0 Å². The van der Waals surface area contributed by atoms with Crippen LogP contribution in [0, 0.1) is 12.7 Å². The first-order chi connectivity index (χ1) is 6.79. The molecule has 5 heteroatoms. The van der Waals surface area contributed by atoms with Gasteiger partial charge in [-0.25, -0.2) is 4.39 Å². The molecule has 1 nitrogen and oxygen atoms in total. The van der Waals surface area contributed by atoms with Gasteiger partial charge < -0.3 is 0 Å². The SMILES string of the molecule is Cc1cc(C(=O)CC(F)(F)F)ccc1F. The summed E-state index contributed by atoms with van der Waals surface area (Å²) in [6, 6.07) is 3.15. The Labute approximate surface area is 83.7 Å². The average Bonchev–Trinajstić information content (AvgIpc) is 2.06. The molecule has 0 heterocycles. The molecule has 0 atom stereocenters. The molecule has 0 unspecified atom stereocenters. The molecule has 0 aliphatic carbocycles. The van der Waals surface area contributed by atoms with Gasteiger partial charge in [0.25, 0.3) is 0 Å². The molecule has 0 aliphatic rings. The number of ketones is 1. The summed E-state index contributed by atoms with van der Waals surface area (Å²) in [5.41, 5.74) is 0.0363. The number of carbonyl (C=O) groups excluding carboxylic acids is 1. The third-order valence-corrected chi connectivity index (χ3v) is 1.84. The number of hydrogen-bond donors (Lipinski definition) is 0. The predicted molar refractivity (Wildman–Crippen MR) is 46.1 cm³/mol. The van der Waals surface area contributed by atoms with Crippen molar-refractivity contribution in [2.45, 2.75) is 19.5 Å². The largest absolute Gasteiger partial charge is 0.396 e. The van der Waals surface area contributed by atoms with Crippen molar-refractivity contribution < 1.29 is 22.4 Å². The molecule has 0 N–H and O–H groups in total. The Bertz CT molecular complexity index is 381. The molecule has 1 rings (SSSR count). The molecule has 1 aromatic rings. The Morgan fingerprint density at radius 1 is 1.33 bits per heavy atom.